The van der Waals surface area contributed by atoms with Crippen molar-refractivity contribution in [3.05, 3.63) is 12.2 Å². The number of carbonyl (C=O) groups is 2. The minimum absolute atomic E-state index is 0.137. The molecule has 0 aromatic rings. The minimum atomic E-state index is -0.247. The summed E-state index contributed by atoms with van der Waals surface area (Å²) in [6, 6.07) is 0. The van der Waals surface area contributed by atoms with Gasteiger partial charge in [0.1, 0.15) is 0 Å². The van der Waals surface area contributed by atoms with Gasteiger partial charge in [0.2, 0.25) is 11.8 Å². The molecule has 5 nitrogen and oxygen atoms in total. The number of carbonyl (C=O) groups excluding carboxylic acids is 2. The smallest absolute Gasteiger partial charge is 0.229 e. The lowest BCUT2D eigenvalue weighted by Crippen LogP contribution is -2.45. The third-order valence-corrected chi connectivity index (χ3v) is 5.63. The number of likely N-dealkylation sites (tertiary alicyclic amines) is 1. The third kappa shape index (κ3) is 3.44. The van der Waals surface area contributed by atoms with Crippen LogP contribution in [0.1, 0.15) is 32.6 Å². The van der Waals surface area contributed by atoms with Crippen molar-refractivity contribution in [1.29, 1.82) is 0 Å². The van der Waals surface area contributed by atoms with E-state index in [0.717, 1.165) is 51.9 Å². The Morgan fingerprint density at radius 3 is 2.30 bits per heavy atom. The van der Waals surface area contributed by atoms with E-state index in [-0.39, 0.29) is 23.1 Å². The second-order valence-corrected chi connectivity index (χ2v) is 7.66. The van der Waals surface area contributed by atoms with Crippen LogP contribution in [0.2, 0.25) is 0 Å². The van der Waals surface area contributed by atoms with Crippen molar-refractivity contribution >= 4 is 11.8 Å². The van der Waals surface area contributed by atoms with Gasteiger partial charge in [-0.1, -0.05) is 12.2 Å². The van der Waals surface area contributed by atoms with Crippen molar-refractivity contribution in [3.63, 3.8) is 0 Å². The molecule has 0 spiro atoms. The van der Waals surface area contributed by atoms with Crippen LogP contribution in [0.4, 0.5) is 0 Å². The van der Waals surface area contributed by atoms with Crippen LogP contribution >= 0.6 is 0 Å². The van der Waals surface area contributed by atoms with Gasteiger partial charge in [0.25, 0.3) is 0 Å². The van der Waals surface area contributed by atoms with Crippen molar-refractivity contribution in [3.8, 4) is 0 Å². The van der Waals surface area contributed by atoms with E-state index < -0.39 is 0 Å². The van der Waals surface area contributed by atoms with Gasteiger partial charge in [-0.25, -0.2) is 0 Å². The molecule has 5 heteroatoms. The zero-order valence-electron chi connectivity index (χ0n) is 14.5. The largest absolute Gasteiger partial charge is 0.341 e. The molecule has 3 aliphatic rings. The normalized spacial score (nSPS) is 30.0. The zero-order chi connectivity index (χ0) is 16.4. The second kappa shape index (κ2) is 6.63. The molecule has 1 atom stereocenters. The molecule has 2 aliphatic heterocycles. The van der Waals surface area contributed by atoms with Crippen molar-refractivity contribution in [2.75, 3.05) is 46.3 Å². The SMILES string of the molecule is CN1CCC(C)(C(=O)N2CCCN(C(=O)C3CC=CC3)CC2)C1. The van der Waals surface area contributed by atoms with Crippen LogP contribution in [-0.4, -0.2) is 72.8 Å². The Morgan fingerprint density at radius 1 is 1.00 bits per heavy atom. The Balaban J connectivity index is 1.58. The van der Waals surface area contributed by atoms with E-state index in [9.17, 15) is 9.59 Å². The molecule has 1 unspecified atom stereocenters. The predicted octanol–water partition coefficient (Wildman–Crippen LogP) is 1.36. The molecule has 3 rings (SSSR count). The highest BCUT2D eigenvalue weighted by molar-refractivity contribution is 5.83. The minimum Gasteiger partial charge on any atom is -0.341 e. The molecule has 2 saturated heterocycles. The number of nitrogens with zero attached hydrogens (tertiary/aromatic N) is 3. The average Bonchev–Trinajstić information content (AvgIpc) is 3.11. The topological polar surface area (TPSA) is 43.9 Å². The van der Waals surface area contributed by atoms with Gasteiger partial charge in [0.15, 0.2) is 0 Å². The summed E-state index contributed by atoms with van der Waals surface area (Å²) in [5.41, 5.74) is -0.247. The fourth-order valence-electron chi connectivity index (χ4n) is 4.17. The molecule has 0 aromatic heterocycles. The molecular formula is C18H29N3O2. The van der Waals surface area contributed by atoms with E-state index in [0.29, 0.717) is 13.1 Å². The summed E-state index contributed by atoms with van der Waals surface area (Å²) in [6.45, 7) is 6.88. The van der Waals surface area contributed by atoms with Gasteiger partial charge in [-0.3, -0.25) is 9.59 Å². The molecule has 0 bridgehead atoms. The van der Waals surface area contributed by atoms with Crippen molar-refractivity contribution in [2.24, 2.45) is 11.3 Å². The van der Waals surface area contributed by atoms with Gasteiger partial charge >= 0.3 is 0 Å². The third-order valence-electron chi connectivity index (χ3n) is 5.63. The first kappa shape index (κ1) is 16.5. The second-order valence-electron chi connectivity index (χ2n) is 7.66. The quantitative estimate of drug-likeness (QED) is 0.722. The van der Waals surface area contributed by atoms with E-state index >= 15 is 0 Å². The lowest BCUT2D eigenvalue weighted by Gasteiger charge is -2.31. The summed E-state index contributed by atoms with van der Waals surface area (Å²) in [5, 5.41) is 0. The fraction of sp³-hybridized carbons (Fsp3) is 0.778. The number of hydrogen-bond donors (Lipinski definition) is 0. The van der Waals surface area contributed by atoms with Crippen LogP contribution in [0.25, 0.3) is 0 Å². The van der Waals surface area contributed by atoms with Crippen LogP contribution in [0.15, 0.2) is 12.2 Å². The van der Waals surface area contributed by atoms with Crippen molar-refractivity contribution in [2.45, 2.75) is 32.6 Å². The summed E-state index contributed by atoms with van der Waals surface area (Å²) >= 11 is 0. The first-order valence-corrected chi connectivity index (χ1v) is 8.91. The molecule has 1 aliphatic carbocycles. The first-order valence-electron chi connectivity index (χ1n) is 8.91. The predicted molar refractivity (Wildman–Crippen MR) is 89.9 cm³/mol. The van der Waals surface area contributed by atoms with E-state index in [1.54, 1.807) is 0 Å². The summed E-state index contributed by atoms with van der Waals surface area (Å²) in [6.07, 6.45) is 7.80. The summed E-state index contributed by atoms with van der Waals surface area (Å²) < 4.78 is 0. The van der Waals surface area contributed by atoms with Gasteiger partial charge < -0.3 is 14.7 Å². The van der Waals surface area contributed by atoms with E-state index in [2.05, 4.69) is 31.0 Å². The molecule has 2 amide bonds. The monoisotopic (exact) mass is 319 g/mol. The Morgan fingerprint density at radius 2 is 1.65 bits per heavy atom. The van der Waals surface area contributed by atoms with Crippen LogP contribution in [0.3, 0.4) is 0 Å². The fourth-order valence-corrected chi connectivity index (χ4v) is 4.17. The highest BCUT2D eigenvalue weighted by atomic mass is 16.2. The molecule has 2 fully saturated rings. The standard InChI is InChI=1S/C18H29N3O2/c1-18(8-11-19(2)14-18)17(23)21-10-5-9-20(12-13-21)16(22)15-6-3-4-7-15/h3-4,15H,5-14H2,1-2H3. The van der Waals surface area contributed by atoms with Gasteiger partial charge in [-0.05, 0) is 46.2 Å². The molecular weight excluding hydrogens is 290 g/mol. The number of amides is 2. The molecule has 0 radical (unpaired) electrons. The molecule has 23 heavy (non-hydrogen) atoms. The Hall–Kier alpha value is -1.36. The van der Waals surface area contributed by atoms with Crippen LogP contribution in [0.5, 0.6) is 0 Å². The molecule has 2 heterocycles. The van der Waals surface area contributed by atoms with Crippen LogP contribution < -0.4 is 0 Å². The van der Waals surface area contributed by atoms with Gasteiger partial charge in [0, 0.05) is 38.6 Å². The van der Waals surface area contributed by atoms with E-state index in [4.69, 9.17) is 0 Å². The van der Waals surface area contributed by atoms with Crippen LogP contribution in [0, 0.1) is 11.3 Å². The maximum atomic E-state index is 12.9. The van der Waals surface area contributed by atoms with Gasteiger partial charge in [-0.15, -0.1) is 0 Å². The summed E-state index contributed by atoms with van der Waals surface area (Å²) in [4.78, 5) is 31.7. The highest BCUT2D eigenvalue weighted by Gasteiger charge is 2.41. The van der Waals surface area contributed by atoms with E-state index in [1.807, 2.05) is 9.80 Å². The van der Waals surface area contributed by atoms with Gasteiger partial charge in [0.05, 0.1) is 5.41 Å². The maximum absolute atomic E-state index is 12.9. The maximum Gasteiger partial charge on any atom is 0.229 e. The lowest BCUT2D eigenvalue weighted by molar-refractivity contribution is -0.141. The number of hydrogen-bond acceptors (Lipinski definition) is 3. The molecule has 128 valence electrons. The average molecular weight is 319 g/mol. The van der Waals surface area contributed by atoms with Crippen molar-refractivity contribution in [1.82, 2.24) is 14.7 Å². The van der Waals surface area contributed by atoms with Gasteiger partial charge in [-0.2, -0.15) is 0 Å². The highest BCUT2D eigenvalue weighted by Crippen LogP contribution is 2.31. The number of allylic oxidation sites excluding steroid dienone is 2. The van der Waals surface area contributed by atoms with Crippen molar-refractivity contribution < 1.29 is 9.59 Å². The Bertz CT molecular complexity index is 496. The molecule has 0 N–H and O–H groups in total. The zero-order valence-corrected chi connectivity index (χ0v) is 14.5. The molecule has 0 saturated carbocycles. The first-order chi connectivity index (χ1) is 11.0. The van der Waals surface area contributed by atoms with E-state index in [1.165, 1.54) is 0 Å². The van der Waals surface area contributed by atoms with Crippen LogP contribution in [-0.2, 0) is 9.59 Å². The number of rotatable bonds is 2. The summed E-state index contributed by atoms with van der Waals surface area (Å²) in [5.74, 6) is 0.688. The Kier molecular flexibility index (Phi) is 4.76. The lowest BCUT2D eigenvalue weighted by atomic mass is 9.88. The Labute approximate surface area is 139 Å². The molecule has 0 aromatic carbocycles. The summed E-state index contributed by atoms with van der Waals surface area (Å²) in [7, 11) is 2.08.